The summed E-state index contributed by atoms with van der Waals surface area (Å²) in [6, 6.07) is 21.5. The summed E-state index contributed by atoms with van der Waals surface area (Å²) in [5.74, 6) is -1.00. The first-order valence-electron chi connectivity index (χ1n) is 24.0. The smallest absolute Gasteiger partial charge is 0.251 e. The first-order valence-corrected chi connectivity index (χ1v) is 24.0. The molecule has 378 valence electrons. The van der Waals surface area contributed by atoms with Gasteiger partial charge in [-0.3, -0.25) is 24.0 Å². The SMILES string of the molecule is CCCCCCOc1ccc(-c2cc(-c3ccc(C(=O)N[C@@H](CCN)C(=O)N(C)[C@@H]4C(=O)N[C@@H](C)C(=O)N[C@H](C(=O)NCN)Cc5ccc(OCCN)c(c5)-c5cc4ccc5OCCN)cc3)no2)cc1. The van der Waals surface area contributed by atoms with E-state index < -0.39 is 53.7 Å². The number of carbonyl (C=O) groups is 5. The van der Waals surface area contributed by atoms with Crippen molar-refractivity contribution in [2.75, 3.05) is 53.2 Å². The second-order valence-electron chi connectivity index (χ2n) is 17.1. The minimum absolute atomic E-state index is 0.0129. The highest BCUT2D eigenvalue weighted by molar-refractivity contribution is 5.99. The van der Waals surface area contributed by atoms with Crippen molar-refractivity contribution >= 4 is 29.5 Å². The van der Waals surface area contributed by atoms with Crippen LogP contribution >= 0.6 is 0 Å². The van der Waals surface area contributed by atoms with Gasteiger partial charge in [0.05, 0.1) is 13.3 Å². The van der Waals surface area contributed by atoms with Crippen molar-refractivity contribution in [2.45, 2.75) is 76.5 Å². The van der Waals surface area contributed by atoms with E-state index in [1.165, 1.54) is 31.7 Å². The van der Waals surface area contributed by atoms with Gasteiger partial charge in [-0.15, -0.1) is 0 Å². The van der Waals surface area contributed by atoms with Gasteiger partial charge in [0, 0.05) is 60.4 Å². The summed E-state index contributed by atoms with van der Waals surface area (Å²) in [7, 11) is 1.43. The number of unbranched alkanes of at least 4 members (excludes halogenated alkanes) is 3. The maximum atomic E-state index is 14.7. The minimum Gasteiger partial charge on any atom is -0.494 e. The standard InChI is InChI=1S/C52H66N10O9/c1-4-5-6-7-24-68-38-16-13-35(14-17-38)46-30-42(61-71-46)34-9-11-36(12-10-34)49(64)59-41(20-21-53)52(67)62(3)47-37-15-19-45(70-26-23-55)40(29-37)39-27-33(8-18-44(39)69-25-22-54)28-43(50(65)57-31-56)60-48(63)32(2)58-51(47)66/h8-19,27,29-30,32,41,43,47H,4-7,20-26,28,31,53-56H2,1-3H3,(H,57,65)(H,58,66)(H,59,64)(H,60,63)/t32-,41-,43-,47-/m0/s1. The molecule has 2 heterocycles. The molecule has 1 aliphatic heterocycles. The van der Waals surface area contributed by atoms with Gasteiger partial charge in [0.2, 0.25) is 23.6 Å². The lowest BCUT2D eigenvalue weighted by molar-refractivity contribution is -0.141. The number of fused-ring (bicyclic) bond motifs is 5. The van der Waals surface area contributed by atoms with Crippen molar-refractivity contribution in [1.82, 2.24) is 31.3 Å². The molecular weight excluding hydrogens is 909 g/mol. The molecule has 0 spiro atoms. The summed E-state index contributed by atoms with van der Waals surface area (Å²) in [6.45, 7) is 4.84. The molecule has 19 nitrogen and oxygen atoms in total. The van der Waals surface area contributed by atoms with Crippen LogP contribution in [0.2, 0.25) is 0 Å². The maximum absolute atomic E-state index is 14.7. The third-order valence-electron chi connectivity index (χ3n) is 11.9. The third-order valence-corrected chi connectivity index (χ3v) is 11.9. The molecule has 0 unspecified atom stereocenters. The third kappa shape index (κ3) is 13.9. The van der Waals surface area contributed by atoms with Gasteiger partial charge in [-0.05, 0) is 98.1 Å². The highest BCUT2D eigenvalue weighted by Crippen LogP contribution is 2.40. The molecular formula is C52H66N10O9. The average molecular weight is 975 g/mol. The second kappa shape index (κ2) is 26.0. The van der Waals surface area contributed by atoms with Gasteiger partial charge >= 0.3 is 0 Å². The maximum Gasteiger partial charge on any atom is 0.251 e. The number of aromatic nitrogens is 1. The molecule has 12 N–H and O–H groups in total. The van der Waals surface area contributed by atoms with Crippen LogP contribution in [0.4, 0.5) is 0 Å². The van der Waals surface area contributed by atoms with Crippen molar-refractivity contribution < 1.29 is 42.7 Å². The Labute approximate surface area is 413 Å². The summed E-state index contributed by atoms with van der Waals surface area (Å²) in [6.07, 6.45) is 4.57. The molecule has 5 amide bonds. The molecule has 0 saturated heterocycles. The van der Waals surface area contributed by atoms with Crippen molar-refractivity contribution in [1.29, 1.82) is 0 Å². The number of nitrogens with one attached hydrogen (secondary N) is 4. The molecule has 4 bridgehead atoms. The zero-order valence-electron chi connectivity index (χ0n) is 40.5. The number of nitrogens with two attached hydrogens (primary N) is 4. The summed E-state index contributed by atoms with van der Waals surface area (Å²) in [5, 5.41) is 15.1. The van der Waals surface area contributed by atoms with E-state index in [0.29, 0.717) is 57.4 Å². The lowest BCUT2D eigenvalue weighted by Gasteiger charge is -2.32. The predicted molar refractivity (Wildman–Crippen MR) is 269 cm³/mol. The Balaban J connectivity index is 1.27. The molecule has 6 rings (SSSR count). The molecule has 0 radical (unpaired) electrons. The molecule has 0 fully saturated rings. The Morgan fingerprint density at radius 1 is 0.775 bits per heavy atom. The average Bonchev–Trinajstić information content (AvgIpc) is 3.88. The Morgan fingerprint density at radius 3 is 2.11 bits per heavy atom. The van der Waals surface area contributed by atoms with Crippen LogP contribution in [0.25, 0.3) is 33.7 Å². The number of hydrogen-bond donors (Lipinski definition) is 8. The zero-order valence-corrected chi connectivity index (χ0v) is 40.5. The number of hydrogen-bond acceptors (Lipinski definition) is 14. The number of ether oxygens (including phenoxy) is 3. The number of likely N-dealkylation sites (N-methyl/N-ethyl adjacent to an activating group) is 1. The van der Waals surface area contributed by atoms with Crippen LogP contribution in [-0.2, 0) is 25.6 Å². The first-order chi connectivity index (χ1) is 34.4. The van der Waals surface area contributed by atoms with Gasteiger partial charge in [0.1, 0.15) is 60.3 Å². The van der Waals surface area contributed by atoms with Crippen LogP contribution in [0.5, 0.6) is 17.2 Å². The van der Waals surface area contributed by atoms with E-state index in [1.54, 1.807) is 60.7 Å². The normalized spacial score (nSPS) is 16.1. The highest BCUT2D eigenvalue weighted by Gasteiger charge is 2.36. The Kier molecular flexibility index (Phi) is 19.5. The molecule has 1 aliphatic rings. The van der Waals surface area contributed by atoms with Crippen LogP contribution in [0, 0.1) is 0 Å². The van der Waals surface area contributed by atoms with E-state index in [1.807, 2.05) is 30.3 Å². The molecule has 5 aromatic rings. The van der Waals surface area contributed by atoms with Crippen LogP contribution in [0.3, 0.4) is 0 Å². The van der Waals surface area contributed by atoms with Crippen LogP contribution in [0.15, 0.2) is 95.5 Å². The molecule has 19 heteroatoms. The summed E-state index contributed by atoms with van der Waals surface area (Å²) >= 11 is 0. The predicted octanol–water partition coefficient (Wildman–Crippen LogP) is 3.53. The summed E-state index contributed by atoms with van der Waals surface area (Å²) in [5.41, 5.74) is 27.7. The Hall–Kier alpha value is -7.32. The lowest BCUT2D eigenvalue weighted by atomic mass is 9.93. The van der Waals surface area contributed by atoms with E-state index in [2.05, 4.69) is 33.3 Å². The van der Waals surface area contributed by atoms with Crippen LogP contribution in [-0.4, -0.2) is 111 Å². The van der Waals surface area contributed by atoms with Crippen molar-refractivity contribution in [2.24, 2.45) is 22.9 Å². The van der Waals surface area contributed by atoms with E-state index >= 15 is 0 Å². The van der Waals surface area contributed by atoms with E-state index in [4.69, 9.17) is 41.7 Å². The molecule has 4 atom stereocenters. The monoisotopic (exact) mass is 975 g/mol. The summed E-state index contributed by atoms with van der Waals surface area (Å²) in [4.78, 5) is 71.3. The van der Waals surface area contributed by atoms with Crippen LogP contribution in [0.1, 0.15) is 73.5 Å². The molecule has 0 saturated carbocycles. The van der Waals surface area contributed by atoms with E-state index in [0.717, 1.165) is 24.2 Å². The Bertz CT molecular complexity index is 2590. The van der Waals surface area contributed by atoms with Gasteiger partial charge in [0.15, 0.2) is 5.76 Å². The largest absolute Gasteiger partial charge is 0.494 e. The van der Waals surface area contributed by atoms with Gasteiger partial charge < -0.3 is 67.8 Å². The number of nitrogens with zero attached hydrogens (tertiary/aromatic N) is 2. The van der Waals surface area contributed by atoms with Crippen molar-refractivity contribution in [3.05, 3.63) is 108 Å². The molecule has 0 aliphatic carbocycles. The van der Waals surface area contributed by atoms with Crippen molar-refractivity contribution in [3.8, 4) is 51.0 Å². The van der Waals surface area contributed by atoms with Gasteiger partial charge in [0.25, 0.3) is 5.91 Å². The Morgan fingerprint density at radius 2 is 1.45 bits per heavy atom. The van der Waals surface area contributed by atoms with Crippen molar-refractivity contribution in [3.63, 3.8) is 0 Å². The molecule has 71 heavy (non-hydrogen) atoms. The zero-order chi connectivity index (χ0) is 50.9. The number of rotatable bonds is 22. The number of carbonyl (C=O) groups excluding carboxylic acids is 5. The highest BCUT2D eigenvalue weighted by atomic mass is 16.5. The molecule has 4 aromatic carbocycles. The lowest BCUT2D eigenvalue weighted by Crippen LogP contribution is -2.56. The van der Waals surface area contributed by atoms with Crippen LogP contribution < -0.4 is 58.4 Å². The van der Waals surface area contributed by atoms with E-state index in [-0.39, 0.29) is 57.9 Å². The number of benzene rings is 4. The second-order valence-corrected chi connectivity index (χ2v) is 17.1. The van der Waals surface area contributed by atoms with Gasteiger partial charge in [-0.25, -0.2) is 0 Å². The fourth-order valence-corrected chi connectivity index (χ4v) is 8.12. The van der Waals surface area contributed by atoms with E-state index in [9.17, 15) is 24.0 Å². The van der Waals surface area contributed by atoms with Gasteiger partial charge in [-0.1, -0.05) is 55.6 Å². The topological polar surface area (TPSA) is 295 Å². The minimum atomic E-state index is -1.38. The number of amides is 5. The fraction of sp³-hybridized carbons (Fsp3) is 0.385. The quantitative estimate of drug-likeness (QED) is 0.0364. The fourth-order valence-electron chi connectivity index (χ4n) is 8.12. The summed E-state index contributed by atoms with van der Waals surface area (Å²) < 4.78 is 23.8. The van der Waals surface area contributed by atoms with Gasteiger partial charge in [-0.2, -0.15) is 0 Å². The molecule has 1 aromatic heterocycles. The first kappa shape index (κ1) is 53.0.